The van der Waals surface area contributed by atoms with Crippen LogP contribution in [-0.4, -0.2) is 33.7 Å². The van der Waals surface area contributed by atoms with Gasteiger partial charge in [0.2, 0.25) is 0 Å². The highest BCUT2D eigenvalue weighted by atomic mass is 35.5. The van der Waals surface area contributed by atoms with Gasteiger partial charge < -0.3 is 14.9 Å². The van der Waals surface area contributed by atoms with E-state index in [-0.39, 0.29) is 16.7 Å². The second-order valence-electron chi connectivity index (χ2n) is 4.37. The molecule has 0 saturated heterocycles. The number of carbonyl (C=O) groups excluding carboxylic acids is 1. The van der Waals surface area contributed by atoms with Crippen molar-refractivity contribution in [2.24, 2.45) is 0 Å². The Morgan fingerprint density at radius 2 is 1.57 bits per heavy atom. The van der Waals surface area contributed by atoms with Crippen molar-refractivity contribution in [1.82, 2.24) is 0 Å². The van der Waals surface area contributed by atoms with Crippen LogP contribution in [0, 0.1) is 0 Å². The number of alkyl halides is 1. The molecule has 0 aliphatic heterocycles. The lowest BCUT2D eigenvalue weighted by Crippen LogP contribution is -2.15. The van der Waals surface area contributed by atoms with E-state index in [2.05, 4.69) is 0 Å². The number of halogens is 1. The van der Waals surface area contributed by atoms with Crippen molar-refractivity contribution in [1.29, 1.82) is 0 Å². The number of rotatable bonds is 7. The molecule has 0 aliphatic carbocycles. The number of benzene rings is 1. The Balaban J connectivity index is 2.97. The first-order valence-corrected chi connectivity index (χ1v) is 6.75. The lowest BCUT2D eigenvalue weighted by atomic mass is 10.1. The Hall–Kier alpha value is -2.08. The highest BCUT2D eigenvalue weighted by molar-refractivity contribution is 6.20. The predicted octanol–water partition coefficient (Wildman–Crippen LogP) is 2.99. The number of hydrogen-bond donors (Lipinski definition) is 2. The van der Waals surface area contributed by atoms with Gasteiger partial charge in [-0.25, -0.2) is 14.4 Å². The maximum atomic E-state index is 11.9. The largest absolute Gasteiger partial charge is 0.478 e. The van der Waals surface area contributed by atoms with Crippen LogP contribution >= 0.6 is 11.6 Å². The molecule has 0 spiro atoms. The minimum atomic E-state index is -1.33. The van der Waals surface area contributed by atoms with Gasteiger partial charge in [0, 0.05) is 0 Å². The molecule has 0 fully saturated rings. The van der Waals surface area contributed by atoms with Gasteiger partial charge in [-0.1, -0.05) is 24.9 Å². The lowest BCUT2D eigenvalue weighted by molar-refractivity contribution is 0.0434. The molecule has 6 nitrogen and oxygen atoms in total. The summed E-state index contributed by atoms with van der Waals surface area (Å²) in [4.78, 5) is 33.8. The summed E-state index contributed by atoms with van der Waals surface area (Å²) in [5.74, 6) is -3.52. The number of ether oxygens (including phenoxy) is 1. The molecule has 0 radical (unpaired) electrons. The van der Waals surface area contributed by atoms with Gasteiger partial charge in [-0.2, -0.15) is 0 Å². The Kier molecular flexibility index (Phi) is 6.17. The normalized spacial score (nSPS) is 11.7. The van der Waals surface area contributed by atoms with Gasteiger partial charge in [0.15, 0.2) is 5.56 Å². The van der Waals surface area contributed by atoms with Gasteiger partial charge in [0.05, 0.1) is 16.7 Å². The zero-order valence-electron chi connectivity index (χ0n) is 11.3. The van der Waals surface area contributed by atoms with Crippen molar-refractivity contribution in [2.75, 3.05) is 0 Å². The standard InChI is InChI=1S/C14H15ClO6/c1-2-3-4-11(15)21-14(20)10-6-8(12(16)17)5-9(7-10)13(18)19/h5-7,11H,2-4H2,1H3,(H,16,17)(H,18,19). The Morgan fingerprint density at radius 1 is 1.10 bits per heavy atom. The molecule has 1 aromatic rings. The van der Waals surface area contributed by atoms with Crippen LogP contribution in [0.15, 0.2) is 18.2 Å². The first kappa shape index (κ1) is 17.0. The summed E-state index contributed by atoms with van der Waals surface area (Å²) in [6.07, 6.45) is 2.13. The van der Waals surface area contributed by atoms with Crippen molar-refractivity contribution in [3.63, 3.8) is 0 Å². The van der Waals surface area contributed by atoms with E-state index in [1.165, 1.54) is 0 Å². The molecule has 0 heterocycles. The molecular formula is C14H15ClO6. The third-order valence-electron chi connectivity index (χ3n) is 2.68. The van der Waals surface area contributed by atoms with E-state index in [1.54, 1.807) is 0 Å². The second-order valence-corrected chi connectivity index (χ2v) is 4.85. The molecule has 7 heteroatoms. The van der Waals surface area contributed by atoms with Gasteiger partial charge in [-0.05, 0) is 31.0 Å². The van der Waals surface area contributed by atoms with Crippen molar-refractivity contribution in [3.05, 3.63) is 34.9 Å². The van der Waals surface area contributed by atoms with E-state index in [9.17, 15) is 14.4 Å². The summed E-state index contributed by atoms with van der Waals surface area (Å²) in [5.41, 5.74) is -1.60. The number of hydrogen-bond acceptors (Lipinski definition) is 4. The Labute approximate surface area is 126 Å². The van der Waals surface area contributed by atoms with E-state index >= 15 is 0 Å². The monoisotopic (exact) mass is 314 g/mol. The zero-order valence-corrected chi connectivity index (χ0v) is 12.1. The van der Waals surface area contributed by atoms with E-state index < -0.39 is 23.5 Å². The van der Waals surface area contributed by atoms with Crippen molar-refractivity contribution in [2.45, 2.75) is 31.7 Å². The minimum Gasteiger partial charge on any atom is -0.478 e. The third kappa shape index (κ3) is 5.07. The molecule has 1 atom stereocenters. The zero-order chi connectivity index (χ0) is 16.0. The Bertz CT molecular complexity index is 522. The fraction of sp³-hybridized carbons (Fsp3) is 0.357. The van der Waals surface area contributed by atoms with Crippen LogP contribution in [0.25, 0.3) is 0 Å². The average Bonchev–Trinajstić information content (AvgIpc) is 2.44. The van der Waals surface area contributed by atoms with Gasteiger partial charge in [-0.3, -0.25) is 0 Å². The number of esters is 1. The van der Waals surface area contributed by atoms with E-state index in [0.717, 1.165) is 31.0 Å². The van der Waals surface area contributed by atoms with Crippen LogP contribution in [0.4, 0.5) is 0 Å². The fourth-order valence-electron chi connectivity index (χ4n) is 1.60. The minimum absolute atomic E-state index is 0.158. The topological polar surface area (TPSA) is 101 Å². The molecule has 0 saturated carbocycles. The summed E-state index contributed by atoms with van der Waals surface area (Å²) in [6.45, 7) is 1.96. The quantitative estimate of drug-likeness (QED) is 0.592. The molecule has 114 valence electrons. The lowest BCUT2D eigenvalue weighted by Gasteiger charge is -2.11. The van der Waals surface area contributed by atoms with E-state index in [1.807, 2.05) is 6.92 Å². The first-order valence-electron chi connectivity index (χ1n) is 6.32. The van der Waals surface area contributed by atoms with Crippen LogP contribution < -0.4 is 0 Å². The first-order chi connectivity index (χ1) is 9.85. The smallest absolute Gasteiger partial charge is 0.339 e. The molecule has 0 amide bonds. The van der Waals surface area contributed by atoms with Crippen LogP contribution in [0.3, 0.4) is 0 Å². The van der Waals surface area contributed by atoms with Crippen molar-refractivity contribution < 1.29 is 29.3 Å². The van der Waals surface area contributed by atoms with Gasteiger partial charge in [-0.15, -0.1) is 0 Å². The maximum absolute atomic E-state index is 11.9. The van der Waals surface area contributed by atoms with E-state index in [0.29, 0.717) is 6.42 Å². The number of carboxylic acid groups (broad SMARTS) is 2. The molecule has 21 heavy (non-hydrogen) atoms. The number of unbranched alkanes of at least 4 members (excludes halogenated alkanes) is 1. The molecule has 1 aromatic carbocycles. The third-order valence-corrected chi connectivity index (χ3v) is 2.99. The van der Waals surface area contributed by atoms with E-state index in [4.69, 9.17) is 26.6 Å². The molecule has 1 rings (SSSR count). The molecule has 1 unspecified atom stereocenters. The summed E-state index contributed by atoms with van der Waals surface area (Å²) in [7, 11) is 0. The highest BCUT2D eigenvalue weighted by Gasteiger charge is 2.18. The van der Waals surface area contributed by atoms with Crippen LogP contribution in [0.1, 0.15) is 57.3 Å². The summed E-state index contributed by atoms with van der Waals surface area (Å²) in [6, 6.07) is 3.08. The number of carbonyl (C=O) groups is 3. The molecular weight excluding hydrogens is 300 g/mol. The van der Waals surface area contributed by atoms with Gasteiger partial charge >= 0.3 is 17.9 Å². The highest BCUT2D eigenvalue weighted by Crippen LogP contribution is 2.16. The molecule has 2 N–H and O–H groups in total. The van der Waals surface area contributed by atoms with Gasteiger partial charge in [0.1, 0.15) is 0 Å². The summed E-state index contributed by atoms with van der Waals surface area (Å²) in [5, 5.41) is 17.8. The summed E-state index contributed by atoms with van der Waals surface area (Å²) < 4.78 is 4.95. The molecule has 0 aliphatic rings. The number of aromatic carboxylic acids is 2. The average molecular weight is 315 g/mol. The fourth-order valence-corrected chi connectivity index (χ4v) is 1.84. The second kappa shape index (κ2) is 7.64. The van der Waals surface area contributed by atoms with Crippen LogP contribution in [0.2, 0.25) is 0 Å². The van der Waals surface area contributed by atoms with Crippen molar-refractivity contribution in [3.8, 4) is 0 Å². The van der Waals surface area contributed by atoms with Crippen LogP contribution in [-0.2, 0) is 4.74 Å². The Morgan fingerprint density at radius 3 is 2.00 bits per heavy atom. The van der Waals surface area contributed by atoms with Gasteiger partial charge in [0.25, 0.3) is 0 Å². The number of carboxylic acids is 2. The predicted molar refractivity (Wildman–Crippen MR) is 74.9 cm³/mol. The van der Waals surface area contributed by atoms with Crippen molar-refractivity contribution >= 4 is 29.5 Å². The molecule has 0 aromatic heterocycles. The SMILES string of the molecule is CCCCC(Cl)OC(=O)c1cc(C(=O)O)cc(C(=O)O)c1. The maximum Gasteiger partial charge on any atom is 0.339 e. The van der Waals surface area contributed by atoms with Crippen LogP contribution in [0.5, 0.6) is 0 Å². The summed E-state index contributed by atoms with van der Waals surface area (Å²) >= 11 is 5.83. The molecule has 0 bridgehead atoms.